The van der Waals surface area contributed by atoms with Gasteiger partial charge in [-0.3, -0.25) is 9.69 Å². The fraction of sp³-hybridized carbons (Fsp3) is 0.435. The molecule has 6 heteroatoms. The molecular formula is C23H28ClFN2O2. The van der Waals surface area contributed by atoms with Crippen molar-refractivity contribution in [3.8, 4) is 5.75 Å². The van der Waals surface area contributed by atoms with Gasteiger partial charge in [0.2, 0.25) is 0 Å². The van der Waals surface area contributed by atoms with Crippen LogP contribution < -0.4 is 4.74 Å². The molecule has 1 saturated heterocycles. The van der Waals surface area contributed by atoms with E-state index in [4.69, 9.17) is 16.3 Å². The molecule has 0 saturated carbocycles. The zero-order valence-corrected chi connectivity index (χ0v) is 17.7. The van der Waals surface area contributed by atoms with Gasteiger partial charge >= 0.3 is 0 Å². The highest BCUT2D eigenvalue weighted by Gasteiger charge is 2.34. The summed E-state index contributed by atoms with van der Waals surface area (Å²) in [6, 6.07) is 14.1. The lowest BCUT2D eigenvalue weighted by Gasteiger charge is -2.46. The van der Waals surface area contributed by atoms with Crippen LogP contribution in [0, 0.1) is 5.82 Å². The fourth-order valence-electron chi connectivity index (χ4n) is 3.83. The molecule has 2 aromatic rings. The van der Waals surface area contributed by atoms with Crippen molar-refractivity contribution in [2.75, 3.05) is 19.7 Å². The number of ether oxygens (including phenoxy) is 1. The van der Waals surface area contributed by atoms with Gasteiger partial charge in [0.25, 0.3) is 5.91 Å². The predicted molar refractivity (Wildman–Crippen MR) is 114 cm³/mol. The average Bonchev–Trinajstić information content (AvgIpc) is 2.74. The smallest absolute Gasteiger partial charge is 0.260 e. The van der Waals surface area contributed by atoms with Gasteiger partial charge in [0.1, 0.15) is 11.6 Å². The Morgan fingerprint density at radius 3 is 2.31 bits per heavy atom. The van der Waals surface area contributed by atoms with Crippen LogP contribution in [0.4, 0.5) is 4.39 Å². The molecule has 0 N–H and O–H groups in total. The number of nitrogens with zero attached hydrogens (tertiary/aromatic N) is 2. The normalized spacial score (nSPS) is 19.9. The minimum absolute atomic E-state index is 0.00619. The van der Waals surface area contributed by atoms with Crippen LogP contribution in [0.3, 0.4) is 0 Å². The molecule has 29 heavy (non-hydrogen) atoms. The standard InChI is InChI=1S/C23H28ClFN2O2/c1-3-20-15-27(23(28)16-29-22-11-7-18(24)8-12-22)21(4-2)14-26(20)13-17-5-9-19(25)10-6-17/h5-12,20-21H,3-4,13-16H2,1-2H3/t20-,21+/m0/s1. The monoisotopic (exact) mass is 418 g/mol. The van der Waals surface area contributed by atoms with E-state index < -0.39 is 0 Å². The second-order valence-electron chi connectivity index (χ2n) is 7.47. The first-order valence-electron chi connectivity index (χ1n) is 10.2. The van der Waals surface area contributed by atoms with Gasteiger partial charge in [-0.2, -0.15) is 0 Å². The number of hydrogen-bond donors (Lipinski definition) is 0. The third-order valence-corrected chi connectivity index (χ3v) is 5.80. The molecule has 1 amide bonds. The molecule has 0 aromatic heterocycles. The quantitative estimate of drug-likeness (QED) is 0.649. The van der Waals surface area contributed by atoms with E-state index in [9.17, 15) is 9.18 Å². The second-order valence-corrected chi connectivity index (χ2v) is 7.91. The Bertz CT molecular complexity index is 798. The molecule has 0 radical (unpaired) electrons. The number of carbonyl (C=O) groups excluding carboxylic acids is 1. The average molecular weight is 419 g/mol. The van der Waals surface area contributed by atoms with Crippen molar-refractivity contribution in [1.82, 2.24) is 9.80 Å². The van der Waals surface area contributed by atoms with E-state index in [0.29, 0.717) is 17.3 Å². The fourth-order valence-corrected chi connectivity index (χ4v) is 3.95. The maximum absolute atomic E-state index is 13.2. The Kier molecular flexibility index (Phi) is 7.51. The van der Waals surface area contributed by atoms with Crippen LogP contribution in [0.5, 0.6) is 5.75 Å². The summed E-state index contributed by atoms with van der Waals surface area (Å²) in [6.45, 7) is 6.51. The van der Waals surface area contributed by atoms with E-state index in [1.54, 1.807) is 24.3 Å². The van der Waals surface area contributed by atoms with Crippen molar-refractivity contribution in [1.29, 1.82) is 0 Å². The summed E-state index contributed by atoms with van der Waals surface area (Å²) in [4.78, 5) is 17.3. The van der Waals surface area contributed by atoms with Crippen molar-refractivity contribution >= 4 is 17.5 Å². The molecule has 3 rings (SSSR count). The predicted octanol–water partition coefficient (Wildman–Crippen LogP) is 4.76. The van der Waals surface area contributed by atoms with Crippen LogP contribution in [-0.2, 0) is 11.3 Å². The molecule has 156 valence electrons. The number of piperazine rings is 1. The van der Waals surface area contributed by atoms with E-state index in [1.807, 2.05) is 17.0 Å². The molecule has 0 spiro atoms. The lowest BCUT2D eigenvalue weighted by atomic mass is 10.0. The van der Waals surface area contributed by atoms with Gasteiger partial charge in [0.15, 0.2) is 6.61 Å². The summed E-state index contributed by atoms with van der Waals surface area (Å²) >= 11 is 5.89. The van der Waals surface area contributed by atoms with Crippen LogP contribution in [-0.4, -0.2) is 47.5 Å². The summed E-state index contributed by atoms with van der Waals surface area (Å²) in [7, 11) is 0. The SMILES string of the molecule is CC[C@H]1CN(C(=O)COc2ccc(Cl)cc2)[C@H](CC)CN1Cc1ccc(F)cc1. The Labute approximate surface area is 177 Å². The minimum atomic E-state index is -0.219. The third kappa shape index (κ3) is 5.71. The van der Waals surface area contributed by atoms with E-state index >= 15 is 0 Å². The second kappa shape index (κ2) is 10.1. The third-order valence-electron chi connectivity index (χ3n) is 5.55. The summed E-state index contributed by atoms with van der Waals surface area (Å²) in [5.41, 5.74) is 1.09. The van der Waals surface area contributed by atoms with Gasteiger partial charge in [-0.05, 0) is 54.8 Å². The lowest BCUT2D eigenvalue weighted by Crippen LogP contribution is -2.59. The highest BCUT2D eigenvalue weighted by atomic mass is 35.5. The molecule has 0 bridgehead atoms. The van der Waals surface area contributed by atoms with Gasteiger partial charge in [-0.1, -0.05) is 37.6 Å². The highest BCUT2D eigenvalue weighted by Crippen LogP contribution is 2.23. The molecule has 0 aliphatic carbocycles. The van der Waals surface area contributed by atoms with Crippen LogP contribution in [0.1, 0.15) is 32.3 Å². The lowest BCUT2D eigenvalue weighted by molar-refractivity contribution is -0.140. The Morgan fingerprint density at radius 1 is 1.03 bits per heavy atom. The van der Waals surface area contributed by atoms with E-state index in [1.165, 1.54) is 12.1 Å². The summed E-state index contributed by atoms with van der Waals surface area (Å²) in [6.07, 6.45) is 1.82. The minimum Gasteiger partial charge on any atom is -0.484 e. The van der Waals surface area contributed by atoms with Crippen LogP contribution in [0.15, 0.2) is 48.5 Å². The van der Waals surface area contributed by atoms with E-state index in [2.05, 4.69) is 18.7 Å². The number of benzene rings is 2. The molecular weight excluding hydrogens is 391 g/mol. The largest absolute Gasteiger partial charge is 0.484 e. The highest BCUT2D eigenvalue weighted by molar-refractivity contribution is 6.30. The maximum Gasteiger partial charge on any atom is 0.260 e. The van der Waals surface area contributed by atoms with Crippen molar-refractivity contribution < 1.29 is 13.9 Å². The molecule has 1 fully saturated rings. The van der Waals surface area contributed by atoms with Gasteiger partial charge in [0, 0.05) is 36.7 Å². The van der Waals surface area contributed by atoms with Crippen LogP contribution in [0.2, 0.25) is 5.02 Å². The maximum atomic E-state index is 13.2. The number of rotatable bonds is 7. The number of hydrogen-bond acceptors (Lipinski definition) is 3. The number of amides is 1. The Hall–Kier alpha value is -2.11. The van der Waals surface area contributed by atoms with Crippen LogP contribution >= 0.6 is 11.6 Å². The van der Waals surface area contributed by atoms with Gasteiger partial charge < -0.3 is 9.64 Å². The van der Waals surface area contributed by atoms with Gasteiger partial charge in [-0.15, -0.1) is 0 Å². The Balaban J connectivity index is 1.63. The number of carbonyl (C=O) groups is 1. The van der Waals surface area contributed by atoms with Crippen LogP contribution in [0.25, 0.3) is 0 Å². The summed E-state index contributed by atoms with van der Waals surface area (Å²) < 4.78 is 18.9. The molecule has 4 nitrogen and oxygen atoms in total. The van der Waals surface area contributed by atoms with E-state index in [-0.39, 0.29) is 30.4 Å². The number of halogens is 2. The molecule has 2 aromatic carbocycles. The zero-order valence-electron chi connectivity index (χ0n) is 17.0. The molecule has 0 unspecified atom stereocenters. The van der Waals surface area contributed by atoms with Crippen molar-refractivity contribution in [3.63, 3.8) is 0 Å². The van der Waals surface area contributed by atoms with Crippen molar-refractivity contribution in [2.45, 2.75) is 45.3 Å². The Morgan fingerprint density at radius 2 is 1.69 bits per heavy atom. The first-order valence-corrected chi connectivity index (χ1v) is 10.5. The molecule has 1 heterocycles. The topological polar surface area (TPSA) is 32.8 Å². The summed E-state index contributed by atoms with van der Waals surface area (Å²) in [5.74, 6) is 0.424. The summed E-state index contributed by atoms with van der Waals surface area (Å²) in [5, 5.41) is 0.637. The van der Waals surface area contributed by atoms with Crippen molar-refractivity contribution in [2.24, 2.45) is 0 Å². The first kappa shape index (κ1) is 21.6. The molecule has 1 aliphatic heterocycles. The molecule has 1 aliphatic rings. The van der Waals surface area contributed by atoms with Crippen molar-refractivity contribution in [3.05, 3.63) is 64.9 Å². The first-order chi connectivity index (χ1) is 14.0. The van der Waals surface area contributed by atoms with Gasteiger partial charge in [0.05, 0.1) is 0 Å². The molecule has 2 atom stereocenters. The zero-order chi connectivity index (χ0) is 20.8. The van der Waals surface area contributed by atoms with E-state index in [0.717, 1.165) is 31.5 Å². The van der Waals surface area contributed by atoms with Gasteiger partial charge in [-0.25, -0.2) is 4.39 Å².